The van der Waals surface area contributed by atoms with E-state index in [4.69, 9.17) is 10.5 Å². The van der Waals surface area contributed by atoms with E-state index in [0.717, 1.165) is 18.4 Å². The molecule has 0 aliphatic heterocycles. The zero-order chi connectivity index (χ0) is 18.5. The van der Waals surface area contributed by atoms with Crippen LogP contribution in [-0.4, -0.2) is 18.4 Å². The first-order chi connectivity index (χ1) is 12.5. The molecule has 0 spiro atoms. The summed E-state index contributed by atoms with van der Waals surface area (Å²) >= 11 is 0. The standard InChI is InChI=1S/C21H24N2O3/c1-14(16-11-10-15-6-2-3-7-17(15)12-16)23-21(25)18-8-4-5-9-19(18)26-13-20(22)24/h4-5,8-12,14H,2-3,6-7,13H2,1H3,(H2,22,24)(H,23,25). The third-order valence-electron chi connectivity index (χ3n) is 4.72. The molecule has 1 atom stereocenters. The van der Waals surface area contributed by atoms with Gasteiger partial charge < -0.3 is 15.8 Å². The predicted molar refractivity (Wildman–Crippen MR) is 100 cm³/mol. The minimum Gasteiger partial charge on any atom is -0.483 e. The number of fused-ring (bicyclic) bond motifs is 1. The van der Waals surface area contributed by atoms with Gasteiger partial charge in [0.1, 0.15) is 5.75 Å². The minimum absolute atomic E-state index is 0.126. The van der Waals surface area contributed by atoms with Crippen LogP contribution in [0.4, 0.5) is 0 Å². The molecule has 2 amide bonds. The van der Waals surface area contributed by atoms with Crippen molar-refractivity contribution in [1.29, 1.82) is 0 Å². The summed E-state index contributed by atoms with van der Waals surface area (Å²) in [5.74, 6) is -0.473. The number of carbonyl (C=O) groups is 2. The Morgan fingerprint density at radius 3 is 2.62 bits per heavy atom. The van der Waals surface area contributed by atoms with Crippen molar-refractivity contribution in [3.8, 4) is 5.75 Å². The number of primary amides is 1. The number of hydrogen-bond acceptors (Lipinski definition) is 3. The fraction of sp³-hybridized carbons (Fsp3) is 0.333. The zero-order valence-electron chi connectivity index (χ0n) is 15.0. The lowest BCUT2D eigenvalue weighted by Crippen LogP contribution is -2.28. The van der Waals surface area contributed by atoms with Crippen LogP contribution >= 0.6 is 0 Å². The molecule has 0 radical (unpaired) electrons. The summed E-state index contributed by atoms with van der Waals surface area (Å²) in [7, 11) is 0. The molecule has 0 fully saturated rings. The maximum atomic E-state index is 12.7. The van der Waals surface area contributed by atoms with Gasteiger partial charge in [-0.15, -0.1) is 0 Å². The van der Waals surface area contributed by atoms with Gasteiger partial charge in [0.25, 0.3) is 11.8 Å². The van der Waals surface area contributed by atoms with E-state index >= 15 is 0 Å². The topological polar surface area (TPSA) is 81.4 Å². The average Bonchev–Trinajstić information content (AvgIpc) is 2.66. The number of nitrogens with one attached hydrogen (secondary N) is 1. The minimum atomic E-state index is -0.581. The lowest BCUT2D eigenvalue weighted by molar-refractivity contribution is -0.119. The van der Waals surface area contributed by atoms with Crippen LogP contribution in [0.25, 0.3) is 0 Å². The normalized spacial score (nSPS) is 14.2. The highest BCUT2D eigenvalue weighted by Gasteiger charge is 2.17. The molecule has 1 unspecified atom stereocenters. The van der Waals surface area contributed by atoms with E-state index in [-0.39, 0.29) is 18.6 Å². The molecular formula is C21H24N2O3. The maximum Gasteiger partial charge on any atom is 0.255 e. The fourth-order valence-corrected chi connectivity index (χ4v) is 3.31. The van der Waals surface area contributed by atoms with Gasteiger partial charge in [0.05, 0.1) is 11.6 Å². The third kappa shape index (κ3) is 4.23. The van der Waals surface area contributed by atoms with Gasteiger partial charge in [0.2, 0.25) is 0 Å². The lowest BCUT2D eigenvalue weighted by Gasteiger charge is -2.20. The van der Waals surface area contributed by atoms with Gasteiger partial charge in [0.15, 0.2) is 6.61 Å². The number of hydrogen-bond donors (Lipinski definition) is 2. The maximum absolute atomic E-state index is 12.7. The third-order valence-corrected chi connectivity index (χ3v) is 4.72. The van der Waals surface area contributed by atoms with Gasteiger partial charge in [-0.25, -0.2) is 0 Å². The number of amides is 2. The van der Waals surface area contributed by atoms with Crippen molar-refractivity contribution in [2.45, 2.75) is 38.6 Å². The van der Waals surface area contributed by atoms with Crippen LogP contribution in [0.5, 0.6) is 5.75 Å². The highest BCUT2D eigenvalue weighted by molar-refractivity contribution is 5.97. The van der Waals surface area contributed by atoms with Gasteiger partial charge in [-0.3, -0.25) is 9.59 Å². The van der Waals surface area contributed by atoms with E-state index in [9.17, 15) is 9.59 Å². The predicted octanol–water partition coefficient (Wildman–Crippen LogP) is 2.92. The van der Waals surface area contributed by atoms with E-state index < -0.39 is 5.91 Å². The molecule has 0 heterocycles. The summed E-state index contributed by atoms with van der Waals surface area (Å²) in [6.07, 6.45) is 4.72. The van der Waals surface area contributed by atoms with Crippen LogP contribution in [-0.2, 0) is 17.6 Å². The van der Waals surface area contributed by atoms with Crippen LogP contribution in [0.1, 0.15) is 52.9 Å². The van der Waals surface area contributed by atoms with Gasteiger partial charge in [0, 0.05) is 0 Å². The molecular weight excluding hydrogens is 328 g/mol. The highest BCUT2D eigenvalue weighted by Crippen LogP contribution is 2.25. The molecule has 3 rings (SSSR count). The molecule has 0 saturated heterocycles. The Balaban J connectivity index is 1.72. The van der Waals surface area contributed by atoms with Crippen molar-refractivity contribution in [2.24, 2.45) is 5.73 Å². The van der Waals surface area contributed by atoms with E-state index in [2.05, 4.69) is 23.5 Å². The second-order valence-electron chi connectivity index (χ2n) is 6.68. The number of nitrogens with two attached hydrogens (primary N) is 1. The number of aryl methyl sites for hydroxylation is 2. The van der Waals surface area contributed by atoms with Crippen LogP contribution < -0.4 is 15.8 Å². The Kier molecular flexibility index (Phi) is 5.56. The molecule has 0 bridgehead atoms. The molecule has 3 N–H and O–H groups in total. The Labute approximate surface area is 153 Å². The Morgan fingerprint density at radius 1 is 1.12 bits per heavy atom. The summed E-state index contributed by atoms with van der Waals surface area (Å²) < 4.78 is 5.35. The summed E-state index contributed by atoms with van der Waals surface area (Å²) in [5, 5.41) is 3.01. The SMILES string of the molecule is CC(NC(=O)c1ccccc1OCC(N)=O)c1ccc2c(c1)CCCC2. The van der Waals surface area contributed by atoms with E-state index in [0.29, 0.717) is 11.3 Å². The fourth-order valence-electron chi connectivity index (χ4n) is 3.31. The van der Waals surface area contributed by atoms with Crippen molar-refractivity contribution in [3.05, 3.63) is 64.7 Å². The highest BCUT2D eigenvalue weighted by atomic mass is 16.5. The molecule has 5 nitrogen and oxygen atoms in total. The van der Waals surface area contributed by atoms with Crippen molar-refractivity contribution in [3.63, 3.8) is 0 Å². The Hall–Kier alpha value is -2.82. The molecule has 0 saturated carbocycles. The molecule has 5 heteroatoms. The van der Waals surface area contributed by atoms with Crippen molar-refractivity contribution >= 4 is 11.8 Å². The van der Waals surface area contributed by atoms with Crippen LogP contribution in [0.3, 0.4) is 0 Å². The number of rotatable bonds is 6. The number of benzene rings is 2. The number of para-hydroxylation sites is 1. The van der Waals surface area contributed by atoms with Crippen molar-refractivity contribution in [2.75, 3.05) is 6.61 Å². The van der Waals surface area contributed by atoms with E-state index in [1.807, 2.05) is 6.92 Å². The molecule has 136 valence electrons. The number of ether oxygens (including phenoxy) is 1. The molecule has 2 aromatic rings. The van der Waals surface area contributed by atoms with Gasteiger partial charge in [-0.05, 0) is 61.4 Å². The molecule has 2 aromatic carbocycles. The molecule has 1 aliphatic carbocycles. The van der Waals surface area contributed by atoms with Crippen molar-refractivity contribution < 1.29 is 14.3 Å². The zero-order valence-corrected chi connectivity index (χ0v) is 15.0. The summed E-state index contributed by atoms with van der Waals surface area (Å²) in [6.45, 7) is 1.71. The first kappa shape index (κ1) is 18.0. The van der Waals surface area contributed by atoms with E-state index in [1.54, 1.807) is 24.3 Å². The monoisotopic (exact) mass is 352 g/mol. The van der Waals surface area contributed by atoms with Crippen LogP contribution in [0.2, 0.25) is 0 Å². The number of carbonyl (C=O) groups excluding carboxylic acids is 2. The smallest absolute Gasteiger partial charge is 0.255 e. The van der Waals surface area contributed by atoms with Gasteiger partial charge >= 0.3 is 0 Å². The summed E-state index contributed by atoms with van der Waals surface area (Å²) in [5.41, 5.74) is 9.40. The first-order valence-electron chi connectivity index (χ1n) is 8.97. The van der Waals surface area contributed by atoms with Crippen LogP contribution in [0, 0.1) is 0 Å². The Bertz CT molecular complexity index is 817. The summed E-state index contributed by atoms with van der Waals surface area (Å²) in [6, 6.07) is 13.2. The Morgan fingerprint density at radius 2 is 1.85 bits per heavy atom. The lowest BCUT2D eigenvalue weighted by atomic mass is 9.89. The largest absolute Gasteiger partial charge is 0.483 e. The second-order valence-corrected chi connectivity index (χ2v) is 6.68. The van der Waals surface area contributed by atoms with Gasteiger partial charge in [-0.1, -0.05) is 30.3 Å². The summed E-state index contributed by atoms with van der Waals surface area (Å²) in [4.78, 5) is 23.6. The quantitative estimate of drug-likeness (QED) is 0.839. The van der Waals surface area contributed by atoms with Gasteiger partial charge in [-0.2, -0.15) is 0 Å². The van der Waals surface area contributed by atoms with Crippen molar-refractivity contribution in [1.82, 2.24) is 5.32 Å². The average molecular weight is 352 g/mol. The van der Waals surface area contributed by atoms with E-state index in [1.165, 1.54) is 24.0 Å². The molecule has 1 aliphatic rings. The first-order valence-corrected chi connectivity index (χ1v) is 8.97. The van der Waals surface area contributed by atoms with Crippen LogP contribution in [0.15, 0.2) is 42.5 Å². The second kappa shape index (κ2) is 8.04. The molecule has 26 heavy (non-hydrogen) atoms. The molecule has 0 aromatic heterocycles.